The van der Waals surface area contributed by atoms with Crippen LogP contribution in [0.3, 0.4) is 0 Å². The number of carbonyl (C=O) groups excluding carboxylic acids is 1. The van der Waals surface area contributed by atoms with Gasteiger partial charge < -0.3 is 15.7 Å². The van der Waals surface area contributed by atoms with Crippen LogP contribution in [0.4, 0.5) is 10.5 Å². The van der Waals surface area contributed by atoms with E-state index in [1.165, 1.54) is 0 Å². The van der Waals surface area contributed by atoms with Crippen molar-refractivity contribution in [2.75, 3.05) is 5.32 Å². The Bertz CT molecular complexity index is 897. The Kier molecular flexibility index (Phi) is 5.04. The molecule has 2 aromatic rings. The molecule has 2 fully saturated rings. The molecule has 0 saturated heterocycles. The molecular formula is C20H22BrN3O3. The van der Waals surface area contributed by atoms with Gasteiger partial charge in [-0.05, 0) is 43.9 Å². The lowest BCUT2D eigenvalue weighted by Crippen LogP contribution is -2.48. The van der Waals surface area contributed by atoms with Crippen molar-refractivity contribution in [3.8, 4) is 0 Å². The summed E-state index contributed by atoms with van der Waals surface area (Å²) >= 11 is 3.51. The van der Waals surface area contributed by atoms with Crippen LogP contribution in [0.2, 0.25) is 0 Å². The maximum atomic E-state index is 12.9. The molecule has 3 N–H and O–H groups in total. The number of nitrogens with zero attached hydrogens (tertiary/aromatic N) is 1. The third kappa shape index (κ3) is 3.93. The predicted octanol–water partition coefficient (Wildman–Crippen LogP) is 4.58. The second-order valence-corrected chi connectivity index (χ2v) is 8.35. The van der Waals surface area contributed by atoms with Crippen LogP contribution in [0.25, 0.3) is 10.9 Å². The van der Waals surface area contributed by atoms with Crippen LogP contribution in [0.1, 0.15) is 48.9 Å². The molecule has 0 radical (unpaired) electrons. The standard InChI is InChI=1S/C20H22BrN3O3/c21-12-7-8-15-13(9-12)18(14(10-22-15)19(25)11-5-6-11)23-16-3-1-2-4-17(16)24-20(26)27/h7-11,16-17,24H,1-6H2,(H,22,23)(H,26,27). The van der Waals surface area contributed by atoms with Gasteiger partial charge in [0.1, 0.15) is 0 Å². The Hall–Kier alpha value is -2.15. The van der Waals surface area contributed by atoms with E-state index in [4.69, 9.17) is 0 Å². The van der Waals surface area contributed by atoms with Crippen LogP contribution in [-0.2, 0) is 0 Å². The summed E-state index contributed by atoms with van der Waals surface area (Å²) in [5, 5.41) is 16.2. The van der Waals surface area contributed by atoms with E-state index in [1.54, 1.807) is 6.20 Å². The summed E-state index contributed by atoms with van der Waals surface area (Å²) in [7, 11) is 0. The number of halogens is 1. The molecule has 2 unspecified atom stereocenters. The summed E-state index contributed by atoms with van der Waals surface area (Å²) in [6.07, 6.45) is 6.21. The van der Waals surface area contributed by atoms with E-state index in [-0.39, 0.29) is 23.8 Å². The first-order valence-electron chi connectivity index (χ1n) is 9.41. The summed E-state index contributed by atoms with van der Waals surface area (Å²) in [6, 6.07) is 5.60. The fraction of sp³-hybridized carbons (Fsp3) is 0.450. The van der Waals surface area contributed by atoms with E-state index in [9.17, 15) is 14.7 Å². The number of hydrogen-bond acceptors (Lipinski definition) is 4. The molecule has 0 aliphatic heterocycles. The van der Waals surface area contributed by atoms with E-state index >= 15 is 0 Å². The summed E-state index contributed by atoms with van der Waals surface area (Å²) in [5.41, 5.74) is 2.21. The second kappa shape index (κ2) is 7.46. The van der Waals surface area contributed by atoms with E-state index < -0.39 is 6.09 Å². The lowest BCUT2D eigenvalue weighted by atomic mass is 9.89. The maximum absolute atomic E-state index is 12.9. The van der Waals surface area contributed by atoms with Crippen molar-refractivity contribution in [3.63, 3.8) is 0 Å². The third-order valence-corrected chi connectivity index (χ3v) is 5.94. The minimum atomic E-state index is -1.01. The van der Waals surface area contributed by atoms with Gasteiger partial charge in [-0.2, -0.15) is 0 Å². The molecule has 1 heterocycles. The molecule has 2 atom stereocenters. The summed E-state index contributed by atoms with van der Waals surface area (Å²) in [5.74, 6) is 0.224. The molecule has 0 bridgehead atoms. The van der Waals surface area contributed by atoms with Crippen molar-refractivity contribution in [1.29, 1.82) is 0 Å². The number of nitrogens with one attached hydrogen (secondary N) is 2. The first-order chi connectivity index (χ1) is 13.0. The van der Waals surface area contributed by atoms with Crippen molar-refractivity contribution in [2.24, 2.45) is 5.92 Å². The van der Waals surface area contributed by atoms with Gasteiger partial charge in [0.15, 0.2) is 5.78 Å². The van der Waals surface area contributed by atoms with Gasteiger partial charge in [0.2, 0.25) is 0 Å². The first kappa shape index (κ1) is 18.2. The van der Waals surface area contributed by atoms with Gasteiger partial charge in [-0.15, -0.1) is 0 Å². The average Bonchev–Trinajstić information content (AvgIpc) is 3.48. The number of amides is 1. The monoisotopic (exact) mass is 431 g/mol. The number of aromatic nitrogens is 1. The molecule has 4 rings (SSSR count). The fourth-order valence-corrected chi connectivity index (χ4v) is 4.25. The van der Waals surface area contributed by atoms with Crippen molar-refractivity contribution in [2.45, 2.75) is 50.6 Å². The van der Waals surface area contributed by atoms with Crippen molar-refractivity contribution in [3.05, 3.63) is 34.4 Å². The Morgan fingerprint density at radius 1 is 1.11 bits per heavy atom. The minimum Gasteiger partial charge on any atom is -0.465 e. The van der Waals surface area contributed by atoms with Crippen LogP contribution in [0.15, 0.2) is 28.9 Å². The topological polar surface area (TPSA) is 91.3 Å². The lowest BCUT2D eigenvalue weighted by Gasteiger charge is -2.33. The molecule has 6 nitrogen and oxygen atoms in total. The van der Waals surface area contributed by atoms with Crippen molar-refractivity contribution >= 4 is 44.4 Å². The number of Topliss-reactive ketones (excluding diaryl/α,β-unsaturated/α-hetero) is 1. The van der Waals surface area contributed by atoms with Gasteiger partial charge in [0.05, 0.1) is 22.8 Å². The molecule has 2 saturated carbocycles. The summed E-state index contributed by atoms with van der Waals surface area (Å²) < 4.78 is 0.916. The van der Waals surface area contributed by atoms with Gasteiger partial charge in [-0.25, -0.2) is 4.79 Å². The average molecular weight is 432 g/mol. The number of ketones is 1. The molecule has 2 aliphatic carbocycles. The molecule has 1 aromatic heterocycles. The lowest BCUT2D eigenvalue weighted by molar-refractivity contribution is 0.0968. The molecule has 2 aliphatic rings. The van der Waals surface area contributed by atoms with Gasteiger partial charge in [-0.3, -0.25) is 9.78 Å². The SMILES string of the molecule is O=C(O)NC1CCCCC1Nc1c(C(=O)C2CC2)cnc2ccc(Br)cc12. The quantitative estimate of drug-likeness (QED) is 0.602. The van der Waals surface area contributed by atoms with Crippen LogP contribution >= 0.6 is 15.9 Å². The van der Waals surface area contributed by atoms with Crippen molar-refractivity contribution < 1.29 is 14.7 Å². The first-order valence-corrected chi connectivity index (χ1v) is 10.2. The second-order valence-electron chi connectivity index (χ2n) is 7.44. The van der Waals surface area contributed by atoms with Crippen LogP contribution in [-0.4, -0.2) is 34.1 Å². The summed E-state index contributed by atoms with van der Waals surface area (Å²) in [6.45, 7) is 0. The zero-order valence-electron chi connectivity index (χ0n) is 14.9. The number of pyridine rings is 1. The van der Waals surface area contributed by atoms with Gasteiger partial charge in [-0.1, -0.05) is 28.8 Å². The van der Waals surface area contributed by atoms with E-state index in [0.717, 1.165) is 59.6 Å². The Morgan fingerprint density at radius 2 is 1.85 bits per heavy atom. The van der Waals surface area contributed by atoms with Gasteiger partial charge >= 0.3 is 6.09 Å². The molecule has 7 heteroatoms. The highest BCUT2D eigenvalue weighted by Gasteiger charge is 2.34. The normalized spacial score (nSPS) is 22.4. The molecular weight excluding hydrogens is 410 g/mol. The zero-order chi connectivity index (χ0) is 19.0. The highest BCUT2D eigenvalue weighted by molar-refractivity contribution is 9.10. The zero-order valence-corrected chi connectivity index (χ0v) is 16.5. The van der Waals surface area contributed by atoms with Crippen LogP contribution in [0.5, 0.6) is 0 Å². The highest BCUT2D eigenvalue weighted by Crippen LogP contribution is 2.38. The van der Waals surface area contributed by atoms with E-state index in [2.05, 4.69) is 31.5 Å². The third-order valence-electron chi connectivity index (χ3n) is 5.45. The summed E-state index contributed by atoms with van der Waals surface area (Å²) in [4.78, 5) is 28.5. The molecule has 0 spiro atoms. The van der Waals surface area contributed by atoms with Crippen molar-refractivity contribution in [1.82, 2.24) is 10.3 Å². The van der Waals surface area contributed by atoms with Crippen LogP contribution in [0, 0.1) is 5.92 Å². The van der Waals surface area contributed by atoms with Gasteiger partial charge in [0, 0.05) is 28.0 Å². The largest absolute Gasteiger partial charge is 0.465 e. The fourth-order valence-electron chi connectivity index (χ4n) is 3.89. The van der Waals surface area contributed by atoms with Gasteiger partial charge in [0.25, 0.3) is 0 Å². The maximum Gasteiger partial charge on any atom is 0.404 e. The smallest absolute Gasteiger partial charge is 0.404 e. The molecule has 142 valence electrons. The number of benzene rings is 1. The Morgan fingerprint density at radius 3 is 2.56 bits per heavy atom. The minimum absolute atomic E-state index is 0.0508. The number of fused-ring (bicyclic) bond motifs is 1. The Labute approximate surface area is 165 Å². The number of anilines is 1. The number of rotatable bonds is 5. The number of carboxylic acid groups (broad SMARTS) is 1. The number of carbonyl (C=O) groups is 2. The Balaban J connectivity index is 1.75. The van der Waals surface area contributed by atoms with E-state index in [0.29, 0.717) is 5.56 Å². The van der Waals surface area contributed by atoms with Crippen LogP contribution < -0.4 is 10.6 Å². The van der Waals surface area contributed by atoms with E-state index in [1.807, 2.05) is 18.2 Å². The highest BCUT2D eigenvalue weighted by atomic mass is 79.9. The number of hydrogen-bond donors (Lipinski definition) is 3. The molecule has 1 amide bonds. The predicted molar refractivity (Wildman–Crippen MR) is 107 cm³/mol. The molecule has 1 aromatic carbocycles. The molecule has 27 heavy (non-hydrogen) atoms.